The maximum atomic E-state index is 5.17. The second kappa shape index (κ2) is 4.52. The summed E-state index contributed by atoms with van der Waals surface area (Å²) in [7, 11) is 1.85. The quantitative estimate of drug-likeness (QED) is 0.768. The molecule has 0 aliphatic rings. The van der Waals surface area contributed by atoms with Crippen LogP contribution < -0.4 is 5.32 Å². The lowest BCUT2D eigenvalue weighted by Crippen LogP contribution is -2.33. The summed E-state index contributed by atoms with van der Waals surface area (Å²) >= 11 is 0. The minimum Gasteiger partial charge on any atom is -0.374 e. The Bertz CT molecular complexity index is 283. The molecule has 0 spiro atoms. The Morgan fingerprint density at radius 3 is 2.79 bits per heavy atom. The van der Waals surface area contributed by atoms with Gasteiger partial charge < -0.3 is 14.6 Å². The smallest absolute Gasteiger partial charge is 0.246 e. The van der Waals surface area contributed by atoms with Gasteiger partial charge in [-0.2, -0.15) is 4.98 Å². The lowest BCUT2D eigenvalue weighted by Gasteiger charge is -2.17. The van der Waals surface area contributed by atoms with E-state index >= 15 is 0 Å². The Kier molecular flexibility index (Phi) is 3.60. The zero-order chi connectivity index (χ0) is 10.6. The highest BCUT2D eigenvalue weighted by atomic mass is 16.5. The summed E-state index contributed by atoms with van der Waals surface area (Å²) in [6.07, 6.45) is 0. The van der Waals surface area contributed by atoms with Gasteiger partial charge in [-0.05, 0) is 27.8 Å². The van der Waals surface area contributed by atoms with E-state index in [1.165, 1.54) is 0 Å². The molecule has 5 nitrogen and oxygen atoms in total. The second-order valence-electron chi connectivity index (χ2n) is 3.53. The van der Waals surface area contributed by atoms with Gasteiger partial charge in [-0.15, -0.1) is 0 Å². The first-order valence-corrected chi connectivity index (χ1v) is 4.70. The molecule has 0 amide bonds. The largest absolute Gasteiger partial charge is 0.374 e. The molecule has 1 aromatic rings. The predicted molar refractivity (Wildman–Crippen MR) is 51.7 cm³/mol. The van der Waals surface area contributed by atoms with E-state index in [1.807, 2.05) is 27.8 Å². The first-order valence-electron chi connectivity index (χ1n) is 4.70. The Morgan fingerprint density at radius 1 is 1.50 bits per heavy atom. The number of hydrogen-bond acceptors (Lipinski definition) is 5. The van der Waals surface area contributed by atoms with Gasteiger partial charge >= 0.3 is 0 Å². The average molecular weight is 199 g/mol. The molecule has 14 heavy (non-hydrogen) atoms. The van der Waals surface area contributed by atoms with Crippen LogP contribution in [0.2, 0.25) is 0 Å². The fourth-order valence-corrected chi connectivity index (χ4v) is 0.867. The molecule has 0 saturated carbocycles. The Labute approximate surface area is 83.8 Å². The first kappa shape index (κ1) is 11.1. The molecule has 0 bridgehead atoms. The van der Waals surface area contributed by atoms with Crippen molar-refractivity contribution in [3.05, 3.63) is 11.7 Å². The van der Waals surface area contributed by atoms with E-state index in [0.717, 1.165) is 0 Å². The minimum atomic E-state index is -0.294. The molecule has 0 aliphatic heterocycles. The van der Waals surface area contributed by atoms with Crippen molar-refractivity contribution in [2.75, 3.05) is 13.7 Å². The van der Waals surface area contributed by atoms with Crippen LogP contribution in [0.3, 0.4) is 0 Å². The predicted octanol–water partition coefficient (Wildman–Crippen LogP) is 1.06. The Balaban J connectivity index is 2.67. The summed E-state index contributed by atoms with van der Waals surface area (Å²) in [6, 6.07) is 0. The molecular formula is C9H17N3O2. The standard InChI is InChI=1S/C9H17N3O2/c1-5-13-6-7-11-8(14-12-7)9(2,3)10-4/h10H,5-6H2,1-4H3. The Morgan fingerprint density at radius 2 is 2.21 bits per heavy atom. The number of nitrogens with one attached hydrogen (secondary N) is 1. The van der Waals surface area contributed by atoms with Crippen molar-refractivity contribution in [1.29, 1.82) is 0 Å². The van der Waals surface area contributed by atoms with E-state index in [-0.39, 0.29) is 5.54 Å². The zero-order valence-corrected chi connectivity index (χ0v) is 9.13. The van der Waals surface area contributed by atoms with Crippen molar-refractivity contribution in [1.82, 2.24) is 15.5 Å². The molecule has 80 valence electrons. The number of hydrogen-bond donors (Lipinski definition) is 1. The van der Waals surface area contributed by atoms with Gasteiger partial charge in [-0.3, -0.25) is 0 Å². The summed E-state index contributed by atoms with van der Waals surface area (Å²) in [6.45, 7) is 6.94. The second-order valence-corrected chi connectivity index (χ2v) is 3.53. The third-order valence-electron chi connectivity index (χ3n) is 2.06. The third kappa shape index (κ3) is 2.52. The summed E-state index contributed by atoms with van der Waals surface area (Å²) in [4.78, 5) is 4.22. The average Bonchev–Trinajstić information content (AvgIpc) is 2.63. The first-order chi connectivity index (χ1) is 6.60. The van der Waals surface area contributed by atoms with Crippen molar-refractivity contribution < 1.29 is 9.26 Å². The topological polar surface area (TPSA) is 60.2 Å². The molecule has 0 unspecified atom stereocenters. The van der Waals surface area contributed by atoms with Crippen molar-refractivity contribution >= 4 is 0 Å². The summed E-state index contributed by atoms with van der Waals surface area (Å²) < 4.78 is 10.3. The number of nitrogens with zero attached hydrogens (tertiary/aromatic N) is 2. The molecule has 1 heterocycles. The van der Waals surface area contributed by atoms with E-state index in [9.17, 15) is 0 Å². The molecule has 0 radical (unpaired) electrons. The fourth-order valence-electron chi connectivity index (χ4n) is 0.867. The third-order valence-corrected chi connectivity index (χ3v) is 2.06. The Hall–Kier alpha value is -0.940. The van der Waals surface area contributed by atoms with Crippen LogP contribution in [0.15, 0.2) is 4.52 Å². The van der Waals surface area contributed by atoms with Gasteiger partial charge in [-0.1, -0.05) is 5.16 Å². The number of rotatable bonds is 5. The van der Waals surface area contributed by atoms with Crippen LogP contribution in [-0.2, 0) is 16.9 Å². The summed E-state index contributed by atoms with van der Waals surface area (Å²) in [5.41, 5.74) is -0.294. The van der Waals surface area contributed by atoms with E-state index in [2.05, 4.69) is 15.5 Å². The fraction of sp³-hybridized carbons (Fsp3) is 0.778. The van der Waals surface area contributed by atoms with E-state index in [0.29, 0.717) is 24.9 Å². The summed E-state index contributed by atoms with van der Waals surface area (Å²) in [5, 5.41) is 6.91. The SMILES string of the molecule is CCOCc1noc(C(C)(C)NC)n1. The van der Waals surface area contributed by atoms with Gasteiger partial charge in [0.25, 0.3) is 0 Å². The van der Waals surface area contributed by atoms with Gasteiger partial charge in [0.1, 0.15) is 6.61 Å². The molecule has 0 aromatic carbocycles. The monoisotopic (exact) mass is 199 g/mol. The van der Waals surface area contributed by atoms with Crippen LogP contribution in [0.5, 0.6) is 0 Å². The van der Waals surface area contributed by atoms with Gasteiger partial charge in [0, 0.05) is 6.61 Å². The minimum absolute atomic E-state index is 0.294. The van der Waals surface area contributed by atoms with Crippen LogP contribution in [-0.4, -0.2) is 23.8 Å². The van der Waals surface area contributed by atoms with Gasteiger partial charge in [0.2, 0.25) is 5.89 Å². The van der Waals surface area contributed by atoms with Crippen molar-refractivity contribution in [2.45, 2.75) is 32.9 Å². The van der Waals surface area contributed by atoms with Crippen LogP contribution in [0.25, 0.3) is 0 Å². The van der Waals surface area contributed by atoms with Gasteiger partial charge in [0.05, 0.1) is 5.54 Å². The normalized spacial score (nSPS) is 12.0. The van der Waals surface area contributed by atoms with Gasteiger partial charge in [0.15, 0.2) is 5.82 Å². The maximum Gasteiger partial charge on any atom is 0.246 e. The molecule has 1 aromatic heterocycles. The molecule has 0 aliphatic carbocycles. The molecular weight excluding hydrogens is 182 g/mol. The van der Waals surface area contributed by atoms with Crippen LogP contribution in [0.1, 0.15) is 32.5 Å². The lowest BCUT2D eigenvalue weighted by molar-refractivity contribution is 0.126. The molecule has 0 atom stereocenters. The van der Waals surface area contributed by atoms with Crippen LogP contribution in [0.4, 0.5) is 0 Å². The van der Waals surface area contributed by atoms with Crippen LogP contribution >= 0.6 is 0 Å². The highest BCUT2D eigenvalue weighted by Crippen LogP contribution is 2.16. The van der Waals surface area contributed by atoms with E-state index in [4.69, 9.17) is 9.26 Å². The van der Waals surface area contributed by atoms with Crippen molar-refractivity contribution in [2.24, 2.45) is 0 Å². The van der Waals surface area contributed by atoms with Gasteiger partial charge in [-0.25, -0.2) is 0 Å². The molecule has 5 heteroatoms. The number of aromatic nitrogens is 2. The molecule has 0 fully saturated rings. The molecule has 1 rings (SSSR count). The number of ether oxygens (including phenoxy) is 1. The van der Waals surface area contributed by atoms with Crippen molar-refractivity contribution in [3.63, 3.8) is 0 Å². The van der Waals surface area contributed by atoms with E-state index in [1.54, 1.807) is 0 Å². The molecule has 0 saturated heterocycles. The van der Waals surface area contributed by atoms with Crippen LogP contribution in [0, 0.1) is 0 Å². The molecule has 1 N–H and O–H groups in total. The van der Waals surface area contributed by atoms with Crippen molar-refractivity contribution in [3.8, 4) is 0 Å². The highest BCUT2D eigenvalue weighted by Gasteiger charge is 2.25. The highest BCUT2D eigenvalue weighted by molar-refractivity contribution is 4.98. The zero-order valence-electron chi connectivity index (χ0n) is 9.13. The summed E-state index contributed by atoms with van der Waals surface area (Å²) in [5.74, 6) is 1.17. The maximum absolute atomic E-state index is 5.17. The van der Waals surface area contributed by atoms with E-state index < -0.39 is 0 Å². The lowest BCUT2D eigenvalue weighted by atomic mass is 10.1.